The molecule has 1 nitrogen and oxygen atoms in total. The highest BCUT2D eigenvalue weighted by Gasteiger charge is 2.34. The average Bonchev–Trinajstić information content (AvgIpc) is 2.16. The number of aliphatic hydroxyl groups is 1. The van der Waals surface area contributed by atoms with E-state index in [0.29, 0.717) is 5.92 Å². The van der Waals surface area contributed by atoms with Gasteiger partial charge in [-0.05, 0) is 18.3 Å². The van der Waals surface area contributed by atoms with Crippen LogP contribution in [0, 0.1) is 11.8 Å². The molecule has 0 amide bonds. The van der Waals surface area contributed by atoms with Crippen LogP contribution in [0.15, 0.2) is 0 Å². The van der Waals surface area contributed by atoms with Crippen molar-refractivity contribution in [3.05, 3.63) is 0 Å². The first kappa shape index (κ1) is 10.9. The summed E-state index contributed by atoms with van der Waals surface area (Å²) in [5.41, 5.74) is 0. The molecule has 0 bridgehead atoms. The molecule has 0 radical (unpaired) electrons. The van der Waals surface area contributed by atoms with Gasteiger partial charge in [0.2, 0.25) is 0 Å². The molecule has 0 saturated heterocycles. The largest absolute Gasteiger partial charge is 0.387 e. The minimum absolute atomic E-state index is 0.168. The topological polar surface area (TPSA) is 20.2 Å². The summed E-state index contributed by atoms with van der Waals surface area (Å²) in [5.74, 6) is 0.136. The van der Waals surface area contributed by atoms with E-state index in [9.17, 15) is 13.9 Å². The zero-order valence-corrected chi connectivity index (χ0v) is 8.05. The van der Waals surface area contributed by atoms with Gasteiger partial charge in [-0.25, -0.2) is 8.78 Å². The van der Waals surface area contributed by atoms with Gasteiger partial charge in [0.25, 0.3) is 6.43 Å². The van der Waals surface area contributed by atoms with Crippen LogP contribution in [0.2, 0.25) is 0 Å². The van der Waals surface area contributed by atoms with E-state index in [1.165, 1.54) is 0 Å². The van der Waals surface area contributed by atoms with Gasteiger partial charge in [0.15, 0.2) is 0 Å². The number of halogens is 2. The predicted octanol–water partition coefficient (Wildman–Crippen LogP) is 2.83. The second-order valence-corrected chi connectivity index (χ2v) is 3.94. The first-order chi connectivity index (χ1) is 6.16. The maximum Gasteiger partial charge on any atom is 0.264 e. The highest BCUT2D eigenvalue weighted by atomic mass is 19.3. The third kappa shape index (κ3) is 2.63. The number of hydrogen-bond donors (Lipinski definition) is 1. The van der Waals surface area contributed by atoms with Gasteiger partial charge in [-0.2, -0.15) is 0 Å². The molecule has 1 rings (SSSR count). The molecule has 1 saturated carbocycles. The molecule has 1 aliphatic carbocycles. The SMILES string of the molecule is CCC1CCCCC1C(O)C(F)F. The van der Waals surface area contributed by atoms with Crippen molar-refractivity contribution in [1.82, 2.24) is 0 Å². The minimum atomic E-state index is -2.57. The molecular weight excluding hydrogens is 174 g/mol. The van der Waals surface area contributed by atoms with Crippen LogP contribution < -0.4 is 0 Å². The van der Waals surface area contributed by atoms with E-state index < -0.39 is 12.5 Å². The first-order valence-electron chi connectivity index (χ1n) is 5.13. The van der Waals surface area contributed by atoms with Gasteiger partial charge in [0, 0.05) is 0 Å². The van der Waals surface area contributed by atoms with Gasteiger partial charge < -0.3 is 5.11 Å². The maximum absolute atomic E-state index is 12.3. The van der Waals surface area contributed by atoms with E-state index in [2.05, 4.69) is 0 Å². The Balaban J connectivity index is 2.53. The van der Waals surface area contributed by atoms with Crippen molar-refractivity contribution in [3.63, 3.8) is 0 Å². The zero-order valence-electron chi connectivity index (χ0n) is 8.05. The summed E-state index contributed by atoms with van der Waals surface area (Å²) in [6.07, 6.45) is 0.835. The van der Waals surface area contributed by atoms with Crippen LogP contribution in [0.3, 0.4) is 0 Å². The molecule has 0 aromatic carbocycles. The van der Waals surface area contributed by atoms with Crippen LogP contribution in [0.4, 0.5) is 8.78 Å². The van der Waals surface area contributed by atoms with Crippen molar-refractivity contribution < 1.29 is 13.9 Å². The van der Waals surface area contributed by atoms with Gasteiger partial charge in [-0.1, -0.05) is 32.6 Å². The first-order valence-corrected chi connectivity index (χ1v) is 5.13. The van der Waals surface area contributed by atoms with Crippen molar-refractivity contribution >= 4 is 0 Å². The van der Waals surface area contributed by atoms with Gasteiger partial charge in [0.05, 0.1) is 0 Å². The van der Waals surface area contributed by atoms with Gasteiger partial charge in [0.1, 0.15) is 6.10 Å². The van der Waals surface area contributed by atoms with E-state index in [1.54, 1.807) is 0 Å². The maximum atomic E-state index is 12.3. The molecule has 0 heterocycles. The Morgan fingerprint density at radius 3 is 2.46 bits per heavy atom. The Kier molecular flexibility index (Phi) is 4.10. The van der Waals surface area contributed by atoms with Crippen LogP contribution >= 0.6 is 0 Å². The normalized spacial score (nSPS) is 32.1. The van der Waals surface area contributed by atoms with E-state index in [1.807, 2.05) is 6.92 Å². The fourth-order valence-electron chi connectivity index (χ4n) is 2.38. The molecule has 0 aromatic rings. The lowest BCUT2D eigenvalue weighted by Gasteiger charge is -2.33. The fraction of sp³-hybridized carbons (Fsp3) is 1.00. The summed E-state index contributed by atoms with van der Waals surface area (Å²) in [6.45, 7) is 2.02. The van der Waals surface area contributed by atoms with Crippen molar-refractivity contribution in [2.24, 2.45) is 11.8 Å². The molecule has 0 aliphatic heterocycles. The molecule has 0 aromatic heterocycles. The number of alkyl halides is 2. The van der Waals surface area contributed by atoms with Gasteiger partial charge >= 0.3 is 0 Å². The predicted molar refractivity (Wildman–Crippen MR) is 47.7 cm³/mol. The molecule has 78 valence electrons. The third-order valence-electron chi connectivity index (χ3n) is 3.19. The Morgan fingerprint density at radius 2 is 1.92 bits per heavy atom. The summed E-state index contributed by atoms with van der Waals surface area (Å²) >= 11 is 0. The molecule has 1 fully saturated rings. The van der Waals surface area contributed by atoms with Crippen LogP contribution in [-0.2, 0) is 0 Å². The smallest absolute Gasteiger partial charge is 0.264 e. The molecule has 13 heavy (non-hydrogen) atoms. The Morgan fingerprint density at radius 1 is 1.31 bits per heavy atom. The van der Waals surface area contributed by atoms with E-state index >= 15 is 0 Å². The molecule has 3 atom stereocenters. The van der Waals surface area contributed by atoms with E-state index in [-0.39, 0.29) is 5.92 Å². The molecular formula is C10H18F2O. The third-order valence-corrected chi connectivity index (χ3v) is 3.19. The quantitative estimate of drug-likeness (QED) is 0.729. The molecule has 0 spiro atoms. The van der Waals surface area contributed by atoms with Crippen molar-refractivity contribution in [1.29, 1.82) is 0 Å². The second-order valence-electron chi connectivity index (χ2n) is 3.94. The average molecular weight is 192 g/mol. The second kappa shape index (κ2) is 4.89. The van der Waals surface area contributed by atoms with Gasteiger partial charge in [-0.15, -0.1) is 0 Å². The molecule has 1 N–H and O–H groups in total. The van der Waals surface area contributed by atoms with Crippen molar-refractivity contribution in [3.8, 4) is 0 Å². The minimum Gasteiger partial charge on any atom is -0.387 e. The Hall–Kier alpha value is -0.180. The van der Waals surface area contributed by atoms with E-state index in [0.717, 1.165) is 32.1 Å². The monoisotopic (exact) mass is 192 g/mol. The van der Waals surface area contributed by atoms with Gasteiger partial charge in [-0.3, -0.25) is 0 Å². The molecule has 3 heteroatoms. The lowest BCUT2D eigenvalue weighted by atomic mass is 9.75. The van der Waals surface area contributed by atoms with Crippen LogP contribution in [-0.4, -0.2) is 17.6 Å². The van der Waals surface area contributed by atoms with Crippen LogP contribution in [0.1, 0.15) is 39.0 Å². The summed E-state index contributed by atoms with van der Waals surface area (Å²) < 4.78 is 24.5. The standard InChI is InChI=1S/C10H18F2O/c1-2-7-5-3-4-6-8(7)9(13)10(11)12/h7-10,13H,2-6H2,1H3. The summed E-state index contributed by atoms with van der Waals surface area (Å²) in [5, 5.41) is 9.30. The van der Waals surface area contributed by atoms with Crippen molar-refractivity contribution in [2.45, 2.75) is 51.6 Å². The fourth-order valence-corrected chi connectivity index (χ4v) is 2.38. The van der Waals surface area contributed by atoms with E-state index in [4.69, 9.17) is 0 Å². The number of hydrogen-bond acceptors (Lipinski definition) is 1. The molecule has 1 aliphatic rings. The highest BCUT2D eigenvalue weighted by Crippen LogP contribution is 2.35. The number of rotatable bonds is 3. The lowest BCUT2D eigenvalue weighted by molar-refractivity contribution is -0.0639. The summed E-state index contributed by atoms with van der Waals surface area (Å²) in [4.78, 5) is 0. The summed E-state index contributed by atoms with van der Waals surface area (Å²) in [6, 6.07) is 0. The molecule has 3 unspecified atom stereocenters. The van der Waals surface area contributed by atoms with Crippen LogP contribution in [0.5, 0.6) is 0 Å². The Labute approximate surface area is 78.1 Å². The van der Waals surface area contributed by atoms with Crippen LogP contribution in [0.25, 0.3) is 0 Å². The summed E-state index contributed by atoms with van der Waals surface area (Å²) in [7, 11) is 0. The zero-order chi connectivity index (χ0) is 9.84. The number of aliphatic hydroxyl groups excluding tert-OH is 1. The Bertz CT molecular complexity index is 148. The lowest BCUT2D eigenvalue weighted by Crippen LogP contribution is -2.35. The van der Waals surface area contributed by atoms with Crippen molar-refractivity contribution in [2.75, 3.05) is 0 Å². The highest BCUT2D eigenvalue weighted by molar-refractivity contribution is 4.81.